The number of unbranched alkanes of at least 4 members (excludes halogenated alkanes) is 3. The molecule has 1 N–H and O–H groups in total. The van der Waals surface area contributed by atoms with Gasteiger partial charge in [-0.2, -0.15) is 0 Å². The molecule has 0 radical (unpaired) electrons. The fraction of sp³-hybridized carbons (Fsp3) is 0.778. The Morgan fingerprint density at radius 3 is 1.81 bits per heavy atom. The number of hydrogen-bond acceptors (Lipinski definition) is 3. The van der Waals surface area contributed by atoms with Crippen LogP contribution in [0.3, 0.4) is 0 Å². The molecule has 43 heavy (non-hydrogen) atoms. The van der Waals surface area contributed by atoms with Gasteiger partial charge in [0.05, 0.1) is 0 Å². The summed E-state index contributed by atoms with van der Waals surface area (Å²) in [7, 11) is -1.95. The number of Topliss-reactive ketones (excluding diaryl/α,β-unsaturated/α-hetero) is 1. The van der Waals surface area contributed by atoms with Crippen molar-refractivity contribution in [3.63, 3.8) is 0 Å². The fourth-order valence-electron chi connectivity index (χ4n) is 5.08. The van der Waals surface area contributed by atoms with E-state index in [0.717, 1.165) is 17.9 Å². The monoisotopic (exact) mass is 745 g/mol. The van der Waals surface area contributed by atoms with Crippen molar-refractivity contribution in [2.24, 2.45) is 5.41 Å². The number of carbonyl (C=O) groups is 2. The Morgan fingerprint density at radius 2 is 1.40 bits per heavy atom. The number of amides is 1. The Bertz CT molecular complexity index is 889. The number of carbonyl (C=O) groups excluding carboxylic acids is 2. The molecule has 0 aliphatic carbocycles. The second-order valence-corrected chi connectivity index (χ2v) is 33.6. The van der Waals surface area contributed by atoms with Gasteiger partial charge in [-0.25, -0.2) is 0 Å². The van der Waals surface area contributed by atoms with Crippen molar-refractivity contribution in [3.05, 3.63) is 33.4 Å². The molecule has 0 aliphatic rings. The summed E-state index contributed by atoms with van der Waals surface area (Å²) in [6, 6.07) is -0.540. The van der Waals surface area contributed by atoms with Crippen molar-refractivity contribution in [1.29, 1.82) is 0 Å². The van der Waals surface area contributed by atoms with Gasteiger partial charge in [0.25, 0.3) is 0 Å². The van der Waals surface area contributed by atoms with Crippen LogP contribution in [0, 0.1) is 5.41 Å². The molecule has 1 amide bonds. The molecule has 0 rings (SSSR count). The summed E-state index contributed by atoms with van der Waals surface area (Å²) in [6.45, 7) is 26.0. The molecule has 0 aromatic heterocycles. The predicted molar refractivity (Wildman–Crippen MR) is 195 cm³/mol. The molecule has 0 unspecified atom stereocenters. The maximum atomic E-state index is 13.4. The molecule has 0 bridgehead atoms. The Kier molecular flexibility index (Phi) is 20.5. The molecule has 7 heteroatoms. The van der Waals surface area contributed by atoms with Crippen LogP contribution in [0.2, 0.25) is 31.4 Å². The Hall–Kier alpha value is -0.374. The maximum absolute atomic E-state index is 13.4. The summed E-state index contributed by atoms with van der Waals surface area (Å²) in [5.74, 6) is -0.0736. The molecule has 0 aromatic rings. The first-order valence-corrected chi connectivity index (χ1v) is 28.0. The Morgan fingerprint density at radius 1 is 0.884 bits per heavy atom. The van der Waals surface area contributed by atoms with Gasteiger partial charge in [-0.05, 0) is 25.1 Å². The molecule has 0 aromatic carbocycles. The van der Waals surface area contributed by atoms with Gasteiger partial charge >= 0.3 is 202 Å². The van der Waals surface area contributed by atoms with Gasteiger partial charge < -0.3 is 0 Å². The van der Waals surface area contributed by atoms with Crippen LogP contribution in [0.5, 0.6) is 0 Å². The van der Waals surface area contributed by atoms with Gasteiger partial charge in [0.15, 0.2) is 8.32 Å². The number of nitrogens with one attached hydrogen (secondary N) is 1. The third kappa shape index (κ3) is 17.8. The topological polar surface area (TPSA) is 55.4 Å². The molecular weight excluding hydrogens is 677 g/mol. The van der Waals surface area contributed by atoms with E-state index >= 15 is 0 Å². The molecule has 4 nitrogen and oxygen atoms in total. The summed E-state index contributed by atoms with van der Waals surface area (Å²) in [4.78, 5) is 26.7. The minimum atomic E-state index is -2.58. The van der Waals surface area contributed by atoms with Crippen molar-refractivity contribution in [3.8, 4) is 0 Å². The van der Waals surface area contributed by atoms with E-state index in [9.17, 15) is 9.59 Å². The van der Waals surface area contributed by atoms with E-state index in [2.05, 4.69) is 70.1 Å². The van der Waals surface area contributed by atoms with Gasteiger partial charge in [0.2, 0.25) is 0 Å². The van der Waals surface area contributed by atoms with E-state index in [1.807, 2.05) is 45.9 Å². The van der Waals surface area contributed by atoms with Crippen LogP contribution in [-0.2, 0) is 14.0 Å². The number of rotatable bonds is 21. The van der Waals surface area contributed by atoms with Gasteiger partial charge in [0.1, 0.15) is 0 Å². The molecule has 0 heterocycles. The zero-order valence-corrected chi connectivity index (χ0v) is 34.7. The predicted octanol–water partition coefficient (Wildman–Crippen LogP) is 11.3. The fourth-order valence-corrected chi connectivity index (χ4v) is 20.6. The second kappa shape index (κ2) is 20.7. The standard InChI is InChI=1S/C24H41ClNO3Si.3C4H9.Sn/c1-11-21(28)26-22(23(3,4)5)20(27)15-13-12-14-19(17-16-18(2)25)29-30(9,10)24(6,7)8;3*1-3-4-2;/h1,11-13,16,19,22H,14-15,17H2,2-10H3,(H,26,28);3*1,3-4H2,2H3;/b11-1?,13-12-,18-16+;;;;/t19-,22-;;;;/m1..../s1. The zero-order valence-electron chi connectivity index (χ0n) is 30.1. The van der Waals surface area contributed by atoms with E-state index in [1.165, 1.54) is 51.8 Å². The number of halogens is 1. The third-order valence-electron chi connectivity index (χ3n) is 8.96. The number of allylic oxidation sites excluding steroid dienone is 2. The summed E-state index contributed by atoms with van der Waals surface area (Å²) >= 11 is 3.56. The van der Waals surface area contributed by atoms with Crippen LogP contribution >= 0.6 is 11.6 Å². The average Bonchev–Trinajstić information content (AvgIpc) is 2.90. The Labute approximate surface area is 277 Å². The van der Waals surface area contributed by atoms with E-state index in [-0.39, 0.29) is 34.7 Å². The SMILES string of the molecule is CCC[CH2][Sn](/[CH]=C\C(=O)N[C@H](C(=O)C/C=C\C[C@H](C/C=C(\C)Cl)O[Si](C)(C)C(C)(C)C)C(C)(C)C)([CH2]CCC)[CH2]CCC. The first-order chi connectivity index (χ1) is 19.8. The van der Waals surface area contributed by atoms with Gasteiger partial charge in [0, 0.05) is 5.03 Å². The molecule has 0 saturated carbocycles. The quantitative estimate of drug-likeness (QED) is 0.0723. The summed E-state index contributed by atoms with van der Waals surface area (Å²) in [5, 5.41) is 3.99. The van der Waals surface area contributed by atoms with E-state index in [4.69, 9.17) is 16.0 Å². The first-order valence-electron chi connectivity index (χ1n) is 17.0. The summed E-state index contributed by atoms with van der Waals surface area (Å²) in [6.07, 6.45) is 17.0. The van der Waals surface area contributed by atoms with Crippen LogP contribution in [0.25, 0.3) is 0 Å². The third-order valence-corrected chi connectivity index (χ3v) is 27.7. The summed E-state index contributed by atoms with van der Waals surface area (Å²) < 4.78 is 13.0. The molecule has 0 spiro atoms. The normalized spacial score (nSPS) is 15.3. The van der Waals surface area contributed by atoms with Crippen LogP contribution in [0.1, 0.15) is 127 Å². The molecule has 0 fully saturated rings. The van der Waals surface area contributed by atoms with E-state index < -0.39 is 32.7 Å². The van der Waals surface area contributed by atoms with Crippen molar-refractivity contribution in [1.82, 2.24) is 5.32 Å². The molecular formula is C36H68ClNO3SiSn. The van der Waals surface area contributed by atoms with Gasteiger partial charge in [-0.15, -0.1) is 0 Å². The minimum absolute atomic E-state index is 0.0175. The van der Waals surface area contributed by atoms with Crippen LogP contribution < -0.4 is 5.32 Å². The summed E-state index contributed by atoms with van der Waals surface area (Å²) in [5.41, 5.74) is -0.377. The van der Waals surface area contributed by atoms with Crippen LogP contribution in [0.4, 0.5) is 0 Å². The molecule has 0 aliphatic heterocycles. The van der Waals surface area contributed by atoms with Crippen molar-refractivity contribution in [2.45, 2.75) is 171 Å². The Balaban J connectivity index is 5.65. The van der Waals surface area contributed by atoms with Gasteiger partial charge in [-0.1, -0.05) is 38.4 Å². The van der Waals surface area contributed by atoms with E-state index in [1.54, 1.807) is 0 Å². The zero-order chi connectivity index (χ0) is 33.3. The first kappa shape index (κ1) is 42.6. The van der Waals surface area contributed by atoms with Crippen molar-refractivity contribution < 1.29 is 14.0 Å². The second-order valence-electron chi connectivity index (χ2n) is 15.2. The number of ketones is 1. The van der Waals surface area contributed by atoms with Crippen LogP contribution in [-0.4, -0.2) is 50.5 Å². The average molecular weight is 745 g/mol. The molecule has 0 saturated heterocycles. The van der Waals surface area contributed by atoms with E-state index in [0.29, 0.717) is 0 Å². The van der Waals surface area contributed by atoms with Crippen molar-refractivity contribution >= 4 is 50.0 Å². The molecule has 2 atom stereocenters. The number of hydrogen-bond donors (Lipinski definition) is 1. The van der Waals surface area contributed by atoms with Gasteiger partial charge in [-0.3, -0.25) is 0 Å². The van der Waals surface area contributed by atoms with Crippen molar-refractivity contribution in [2.75, 3.05) is 0 Å². The molecule has 250 valence electrons. The van der Waals surface area contributed by atoms with Crippen LogP contribution in [0.15, 0.2) is 33.4 Å².